The van der Waals surface area contributed by atoms with Crippen LogP contribution in [0.5, 0.6) is 0 Å². The van der Waals surface area contributed by atoms with E-state index >= 15 is 0 Å². The summed E-state index contributed by atoms with van der Waals surface area (Å²) in [6.07, 6.45) is 2.81. The van der Waals surface area contributed by atoms with Gasteiger partial charge in [0.15, 0.2) is 0 Å². The van der Waals surface area contributed by atoms with E-state index in [0.29, 0.717) is 0 Å². The standard InChI is InChI=1S/C11H23NO2/c1-4-10(3)8-11(9-13,12-5-2)6-7-14-10/h12-13H,4-9H2,1-3H3. The molecule has 0 aromatic carbocycles. The van der Waals surface area contributed by atoms with Gasteiger partial charge in [-0.1, -0.05) is 13.8 Å². The molecule has 84 valence electrons. The molecule has 1 saturated heterocycles. The minimum Gasteiger partial charge on any atom is -0.394 e. The number of aliphatic hydroxyl groups excluding tert-OH is 1. The lowest BCUT2D eigenvalue weighted by Gasteiger charge is -2.45. The molecule has 1 fully saturated rings. The number of hydrogen-bond donors (Lipinski definition) is 2. The third-order valence-corrected chi connectivity index (χ3v) is 3.35. The molecular weight excluding hydrogens is 178 g/mol. The van der Waals surface area contributed by atoms with Crippen LogP contribution in [-0.4, -0.2) is 36.0 Å². The van der Waals surface area contributed by atoms with E-state index in [-0.39, 0.29) is 17.7 Å². The third kappa shape index (κ3) is 2.47. The van der Waals surface area contributed by atoms with Gasteiger partial charge in [0.05, 0.1) is 12.2 Å². The molecule has 1 aliphatic heterocycles. The van der Waals surface area contributed by atoms with E-state index < -0.39 is 0 Å². The van der Waals surface area contributed by atoms with Gasteiger partial charge in [-0.3, -0.25) is 0 Å². The Labute approximate surface area is 86.8 Å². The van der Waals surface area contributed by atoms with E-state index in [1.54, 1.807) is 0 Å². The van der Waals surface area contributed by atoms with Crippen molar-refractivity contribution in [1.82, 2.24) is 5.32 Å². The van der Waals surface area contributed by atoms with Gasteiger partial charge < -0.3 is 15.2 Å². The highest BCUT2D eigenvalue weighted by atomic mass is 16.5. The van der Waals surface area contributed by atoms with E-state index in [1.165, 1.54) is 0 Å². The van der Waals surface area contributed by atoms with Crippen molar-refractivity contribution in [2.75, 3.05) is 19.8 Å². The minimum absolute atomic E-state index is 0.0663. The summed E-state index contributed by atoms with van der Waals surface area (Å²) in [5.74, 6) is 0. The van der Waals surface area contributed by atoms with Gasteiger partial charge in [-0.05, 0) is 32.7 Å². The van der Waals surface area contributed by atoms with E-state index in [9.17, 15) is 5.11 Å². The van der Waals surface area contributed by atoms with Crippen molar-refractivity contribution in [1.29, 1.82) is 0 Å². The molecule has 0 bridgehead atoms. The average Bonchev–Trinajstić information content (AvgIpc) is 2.18. The first-order valence-electron chi connectivity index (χ1n) is 5.59. The number of ether oxygens (including phenoxy) is 1. The molecule has 1 rings (SSSR count). The third-order valence-electron chi connectivity index (χ3n) is 3.35. The number of likely N-dealkylation sites (N-methyl/N-ethyl adjacent to an activating group) is 1. The van der Waals surface area contributed by atoms with E-state index in [2.05, 4.69) is 26.1 Å². The lowest BCUT2D eigenvalue weighted by molar-refractivity contribution is -0.110. The molecule has 0 aromatic rings. The highest BCUT2D eigenvalue weighted by molar-refractivity contribution is 4.97. The van der Waals surface area contributed by atoms with Gasteiger partial charge in [0.2, 0.25) is 0 Å². The molecule has 0 aromatic heterocycles. The zero-order valence-electron chi connectivity index (χ0n) is 9.60. The first-order valence-corrected chi connectivity index (χ1v) is 5.59. The van der Waals surface area contributed by atoms with Gasteiger partial charge in [0.25, 0.3) is 0 Å². The summed E-state index contributed by atoms with van der Waals surface area (Å²) in [6, 6.07) is 0. The molecule has 14 heavy (non-hydrogen) atoms. The fraction of sp³-hybridized carbons (Fsp3) is 1.00. The number of aliphatic hydroxyl groups is 1. The summed E-state index contributed by atoms with van der Waals surface area (Å²) in [6.45, 7) is 8.21. The maximum atomic E-state index is 9.48. The number of nitrogens with one attached hydrogen (secondary N) is 1. The summed E-state index contributed by atoms with van der Waals surface area (Å²) in [5, 5.41) is 12.9. The van der Waals surface area contributed by atoms with Gasteiger partial charge >= 0.3 is 0 Å². The molecule has 0 radical (unpaired) electrons. The molecule has 1 heterocycles. The van der Waals surface area contributed by atoms with Crippen LogP contribution in [0.2, 0.25) is 0 Å². The summed E-state index contributed by atoms with van der Waals surface area (Å²) >= 11 is 0. The Morgan fingerprint density at radius 2 is 2.14 bits per heavy atom. The van der Waals surface area contributed by atoms with Crippen molar-refractivity contribution in [3.63, 3.8) is 0 Å². The first kappa shape index (κ1) is 12.0. The molecule has 0 spiro atoms. The predicted octanol–water partition coefficient (Wildman–Crippen LogP) is 1.31. The molecule has 0 aliphatic carbocycles. The van der Waals surface area contributed by atoms with Gasteiger partial charge in [-0.2, -0.15) is 0 Å². The van der Waals surface area contributed by atoms with E-state index in [4.69, 9.17) is 4.74 Å². The van der Waals surface area contributed by atoms with Crippen LogP contribution in [-0.2, 0) is 4.74 Å². The van der Waals surface area contributed by atoms with Crippen LogP contribution < -0.4 is 5.32 Å². The summed E-state index contributed by atoms with van der Waals surface area (Å²) < 4.78 is 5.77. The largest absolute Gasteiger partial charge is 0.394 e. The summed E-state index contributed by atoms with van der Waals surface area (Å²) in [7, 11) is 0. The molecule has 2 unspecified atom stereocenters. The smallest absolute Gasteiger partial charge is 0.0670 e. The zero-order chi connectivity index (χ0) is 10.7. The second kappa shape index (κ2) is 4.60. The quantitative estimate of drug-likeness (QED) is 0.720. The Hall–Kier alpha value is -0.120. The van der Waals surface area contributed by atoms with Crippen molar-refractivity contribution < 1.29 is 9.84 Å². The van der Waals surface area contributed by atoms with Crippen LogP contribution in [0, 0.1) is 0 Å². The van der Waals surface area contributed by atoms with Crippen molar-refractivity contribution in [3.8, 4) is 0 Å². The molecule has 0 saturated carbocycles. The molecule has 0 amide bonds. The fourth-order valence-corrected chi connectivity index (χ4v) is 2.29. The van der Waals surface area contributed by atoms with Crippen LogP contribution in [0.25, 0.3) is 0 Å². The summed E-state index contributed by atoms with van der Waals surface area (Å²) in [4.78, 5) is 0. The van der Waals surface area contributed by atoms with Crippen LogP contribution in [0.4, 0.5) is 0 Å². The van der Waals surface area contributed by atoms with Crippen LogP contribution >= 0.6 is 0 Å². The normalized spacial score (nSPS) is 38.6. The monoisotopic (exact) mass is 201 g/mol. The second-order valence-electron chi connectivity index (χ2n) is 4.55. The Morgan fingerprint density at radius 1 is 1.43 bits per heavy atom. The highest BCUT2D eigenvalue weighted by Gasteiger charge is 2.41. The molecule has 3 nitrogen and oxygen atoms in total. The summed E-state index contributed by atoms with van der Waals surface area (Å²) in [5.41, 5.74) is -0.180. The second-order valence-corrected chi connectivity index (χ2v) is 4.55. The van der Waals surface area contributed by atoms with Gasteiger partial charge in [-0.25, -0.2) is 0 Å². The van der Waals surface area contributed by atoms with Crippen molar-refractivity contribution in [3.05, 3.63) is 0 Å². The lowest BCUT2D eigenvalue weighted by Crippen LogP contribution is -2.57. The minimum atomic E-state index is -0.113. The Kier molecular flexibility index (Phi) is 3.93. The zero-order valence-corrected chi connectivity index (χ0v) is 9.60. The SMILES string of the molecule is CCNC1(CO)CCOC(C)(CC)C1. The molecule has 1 aliphatic rings. The van der Waals surface area contributed by atoms with Gasteiger partial charge in [0.1, 0.15) is 0 Å². The molecular formula is C11H23NO2. The van der Waals surface area contributed by atoms with Crippen LogP contribution in [0.1, 0.15) is 40.0 Å². The fourth-order valence-electron chi connectivity index (χ4n) is 2.29. The molecule has 3 heteroatoms. The van der Waals surface area contributed by atoms with E-state index in [1.807, 2.05) is 0 Å². The van der Waals surface area contributed by atoms with Crippen LogP contribution in [0.3, 0.4) is 0 Å². The molecule has 2 atom stereocenters. The van der Waals surface area contributed by atoms with Crippen LogP contribution in [0.15, 0.2) is 0 Å². The highest BCUT2D eigenvalue weighted by Crippen LogP contribution is 2.34. The Bertz CT molecular complexity index is 182. The van der Waals surface area contributed by atoms with Crippen molar-refractivity contribution in [2.45, 2.75) is 51.2 Å². The Morgan fingerprint density at radius 3 is 2.64 bits per heavy atom. The topological polar surface area (TPSA) is 41.5 Å². The maximum absolute atomic E-state index is 9.48. The maximum Gasteiger partial charge on any atom is 0.0670 e. The first-order chi connectivity index (χ1) is 6.60. The van der Waals surface area contributed by atoms with Crippen molar-refractivity contribution in [2.24, 2.45) is 0 Å². The average molecular weight is 201 g/mol. The van der Waals surface area contributed by atoms with E-state index in [0.717, 1.165) is 32.4 Å². The lowest BCUT2D eigenvalue weighted by atomic mass is 9.79. The van der Waals surface area contributed by atoms with Crippen molar-refractivity contribution >= 4 is 0 Å². The number of rotatable bonds is 4. The van der Waals surface area contributed by atoms with Gasteiger partial charge in [-0.15, -0.1) is 0 Å². The Balaban J connectivity index is 2.68. The number of hydrogen-bond acceptors (Lipinski definition) is 3. The molecule has 2 N–H and O–H groups in total. The van der Waals surface area contributed by atoms with Gasteiger partial charge in [0, 0.05) is 12.1 Å². The predicted molar refractivity (Wildman–Crippen MR) is 57.4 cm³/mol.